The van der Waals surface area contributed by atoms with Crippen molar-refractivity contribution < 1.29 is 0 Å². The number of aromatic nitrogens is 2. The summed E-state index contributed by atoms with van der Waals surface area (Å²) in [6.07, 6.45) is 12.1. The Morgan fingerprint density at radius 2 is 2.05 bits per heavy atom. The molecule has 1 saturated carbocycles. The van der Waals surface area contributed by atoms with Gasteiger partial charge in [-0.1, -0.05) is 39.0 Å². The predicted octanol–water partition coefficient (Wildman–Crippen LogP) is 3.77. The van der Waals surface area contributed by atoms with Crippen molar-refractivity contribution in [1.29, 1.82) is 0 Å². The maximum absolute atomic E-state index is 5.03. The highest BCUT2D eigenvalue weighted by atomic mass is 15.1. The van der Waals surface area contributed by atoms with E-state index < -0.39 is 0 Å². The van der Waals surface area contributed by atoms with Gasteiger partial charge in [0.1, 0.15) is 5.82 Å². The molecule has 0 spiro atoms. The van der Waals surface area contributed by atoms with Crippen molar-refractivity contribution in [3.8, 4) is 0 Å². The smallest absolute Gasteiger partial charge is 0.112 e. The molecule has 3 rings (SSSR count). The zero-order valence-corrected chi connectivity index (χ0v) is 13.0. The third-order valence-corrected chi connectivity index (χ3v) is 4.97. The van der Waals surface area contributed by atoms with Crippen LogP contribution in [0.15, 0.2) is 0 Å². The summed E-state index contributed by atoms with van der Waals surface area (Å²) in [5, 5.41) is 3.47. The van der Waals surface area contributed by atoms with E-state index in [4.69, 9.17) is 4.98 Å². The summed E-state index contributed by atoms with van der Waals surface area (Å²) >= 11 is 0. The van der Waals surface area contributed by atoms with E-state index in [2.05, 4.69) is 16.8 Å². The lowest BCUT2D eigenvalue weighted by Gasteiger charge is -2.18. The molecule has 1 aromatic heterocycles. The SMILES string of the molecule is CCCCCCn1c(C2CCCC2)nc2c1CCNC2. The van der Waals surface area contributed by atoms with E-state index in [1.54, 1.807) is 5.69 Å². The number of hydrogen-bond donors (Lipinski definition) is 1. The molecule has 0 amide bonds. The Hall–Kier alpha value is -0.830. The number of imidazole rings is 1. The van der Waals surface area contributed by atoms with Crippen molar-refractivity contribution >= 4 is 0 Å². The van der Waals surface area contributed by atoms with Gasteiger partial charge in [0, 0.05) is 37.7 Å². The van der Waals surface area contributed by atoms with Gasteiger partial charge < -0.3 is 9.88 Å². The topological polar surface area (TPSA) is 29.9 Å². The van der Waals surface area contributed by atoms with Gasteiger partial charge in [-0.05, 0) is 19.3 Å². The van der Waals surface area contributed by atoms with Crippen LogP contribution in [0.3, 0.4) is 0 Å². The van der Waals surface area contributed by atoms with Gasteiger partial charge >= 0.3 is 0 Å². The Bertz CT molecular complexity index is 430. The van der Waals surface area contributed by atoms with Gasteiger partial charge in [-0.15, -0.1) is 0 Å². The Morgan fingerprint density at radius 3 is 2.85 bits per heavy atom. The van der Waals surface area contributed by atoms with Crippen molar-refractivity contribution in [3.63, 3.8) is 0 Å². The van der Waals surface area contributed by atoms with Crippen molar-refractivity contribution in [3.05, 3.63) is 17.2 Å². The minimum absolute atomic E-state index is 0.742. The monoisotopic (exact) mass is 275 g/mol. The van der Waals surface area contributed by atoms with Crippen molar-refractivity contribution in [1.82, 2.24) is 14.9 Å². The molecule has 0 saturated heterocycles. The molecule has 1 fully saturated rings. The second kappa shape index (κ2) is 6.75. The molecule has 2 aliphatic rings. The summed E-state index contributed by atoms with van der Waals surface area (Å²) in [5.74, 6) is 2.17. The molecule has 1 aliphatic heterocycles. The second-order valence-electron chi connectivity index (χ2n) is 6.48. The molecular formula is C17H29N3. The van der Waals surface area contributed by atoms with Gasteiger partial charge in [0.15, 0.2) is 0 Å². The second-order valence-corrected chi connectivity index (χ2v) is 6.48. The Morgan fingerprint density at radius 1 is 1.20 bits per heavy atom. The lowest BCUT2D eigenvalue weighted by Crippen LogP contribution is -2.25. The maximum Gasteiger partial charge on any atom is 0.112 e. The van der Waals surface area contributed by atoms with Gasteiger partial charge in [-0.25, -0.2) is 4.98 Å². The van der Waals surface area contributed by atoms with Gasteiger partial charge in [0.25, 0.3) is 0 Å². The summed E-state index contributed by atoms with van der Waals surface area (Å²) in [4.78, 5) is 5.03. The predicted molar refractivity (Wildman–Crippen MR) is 83.0 cm³/mol. The first-order valence-corrected chi connectivity index (χ1v) is 8.69. The largest absolute Gasteiger partial charge is 0.331 e. The Kier molecular flexibility index (Phi) is 4.77. The number of rotatable bonds is 6. The molecule has 2 heterocycles. The number of nitrogens with one attached hydrogen (secondary N) is 1. The van der Waals surface area contributed by atoms with Gasteiger partial charge in [-0.3, -0.25) is 0 Å². The maximum atomic E-state index is 5.03. The lowest BCUT2D eigenvalue weighted by atomic mass is 10.1. The van der Waals surface area contributed by atoms with Crippen LogP contribution in [-0.4, -0.2) is 16.1 Å². The molecule has 20 heavy (non-hydrogen) atoms. The summed E-state index contributed by atoms with van der Waals surface area (Å²) in [6, 6.07) is 0. The number of unbranched alkanes of at least 4 members (excludes halogenated alkanes) is 3. The zero-order valence-electron chi connectivity index (χ0n) is 13.0. The number of hydrogen-bond acceptors (Lipinski definition) is 2. The minimum Gasteiger partial charge on any atom is -0.331 e. The van der Waals surface area contributed by atoms with E-state index in [1.807, 2.05) is 0 Å². The lowest BCUT2D eigenvalue weighted by molar-refractivity contribution is 0.515. The fraction of sp³-hybridized carbons (Fsp3) is 0.824. The molecule has 3 nitrogen and oxygen atoms in total. The molecule has 1 aromatic rings. The third-order valence-electron chi connectivity index (χ3n) is 4.97. The van der Waals surface area contributed by atoms with Crippen LogP contribution in [0.5, 0.6) is 0 Å². The third kappa shape index (κ3) is 2.93. The quantitative estimate of drug-likeness (QED) is 0.801. The number of nitrogens with zero attached hydrogens (tertiary/aromatic N) is 2. The minimum atomic E-state index is 0.742. The molecule has 1 aliphatic carbocycles. The summed E-state index contributed by atoms with van der Waals surface area (Å²) in [7, 11) is 0. The molecule has 0 radical (unpaired) electrons. The zero-order chi connectivity index (χ0) is 13.8. The summed E-state index contributed by atoms with van der Waals surface area (Å²) in [6.45, 7) is 5.59. The molecule has 0 bridgehead atoms. The van der Waals surface area contributed by atoms with E-state index in [1.165, 1.54) is 75.9 Å². The van der Waals surface area contributed by atoms with Crippen LogP contribution in [0.25, 0.3) is 0 Å². The summed E-state index contributed by atoms with van der Waals surface area (Å²) < 4.78 is 2.61. The van der Waals surface area contributed by atoms with Crippen LogP contribution in [0.4, 0.5) is 0 Å². The first kappa shape index (κ1) is 14.1. The Balaban J connectivity index is 1.78. The van der Waals surface area contributed by atoms with Crippen LogP contribution in [-0.2, 0) is 19.5 Å². The highest BCUT2D eigenvalue weighted by molar-refractivity contribution is 5.22. The van der Waals surface area contributed by atoms with Crippen LogP contribution in [0, 0.1) is 0 Å². The fourth-order valence-corrected chi connectivity index (χ4v) is 3.83. The molecule has 1 N–H and O–H groups in total. The van der Waals surface area contributed by atoms with Crippen molar-refractivity contribution in [2.75, 3.05) is 6.54 Å². The van der Waals surface area contributed by atoms with Gasteiger partial charge in [-0.2, -0.15) is 0 Å². The normalized spacial score (nSPS) is 19.4. The average Bonchev–Trinajstić information content (AvgIpc) is 3.11. The van der Waals surface area contributed by atoms with Crippen molar-refractivity contribution in [2.24, 2.45) is 0 Å². The molecule has 0 aromatic carbocycles. The molecular weight excluding hydrogens is 246 g/mol. The average molecular weight is 275 g/mol. The highest BCUT2D eigenvalue weighted by Crippen LogP contribution is 2.35. The number of fused-ring (bicyclic) bond motifs is 1. The first-order valence-electron chi connectivity index (χ1n) is 8.69. The van der Waals surface area contributed by atoms with Gasteiger partial charge in [0.2, 0.25) is 0 Å². The highest BCUT2D eigenvalue weighted by Gasteiger charge is 2.26. The van der Waals surface area contributed by atoms with E-state index in [-0.39, 0.29) is 0 Å². The van der Waals surface area contributed by atoms with E-state index in [0.29, 0.717) is 0 Å². The first-order chi connectivity index (χ1) is 9.90. The molecule has 0 atom stereocenters. The standard InChI is InChI=1S/C17H29N3/c1-2-3-4-7-12-20-16-10-11-18-13-15(16)19-17(20)14-8-5-6-9-14/h14,18H,2-13H2,1H3. The van der Waals surface area contributed by atoms with Crippen LogP contribution < -0.4 is 5.32 Å². The van der Waals surface area contributed by atoms with Crippen LogP contribution in [0.1, 0.15) is 81.4 Å². The molecule has 0 unspecified atom stereocenters. The fourth-order valence-electron chi connectivity index (χ4n) is 3.83. The van der Waals surface area contributed by atoms with Crippen molar-refractivity contribution in [2.45, 2.75) is 83.7 Å². The van der Waals surface area contributed by atoms with E-state index in [0.717, 1.165) is 19.0 Å². The molecule has 112 valence electrons. The van der Waals surface area contributed by atoms with E-state index >= 15 is 0 Å². The van der Waals surface area contributed by atoms with Gasteiger partial charge in [0.05, 0.1) is 5.69 Å². The van der Waals surface area contributed by atoms with E-state index in [9.17, 15) is 0 Å². The summed E-state index contributed by atoms with van der Waals surface area (Å²) in [5.41, 5.74) is 2.88. The molecule has 3 heteroatoms. The van der Waals surface area contributed by atoms with Crippen LogP contribution >= 0.6 is 0 Å². The Labute approximate surface area is 123 Å². The van der Waals surface area contributed by atoms with Crippen LogP contribution in [0.2, 0.25) is 0 Å².